The van der Waals surface area contributed by atoms with Gasteiger partial charge in [0.1, 0.15) is 5.92 Å². The van der Waals surface area contributed by atoms with Gasteiger partial charge in [-0.1, -0.05) is 13.3 Å². The molecular weight excluding hydrogens is 272 g/mol. The Labute approximate surface area is 123 Å². The zero-order chi connectivity index (χ0) is 14.2. The summed E-state index contributed by atoms with van der Waals surface area (Å²) in [4.78, 5) is 17.0. The summed E-state index contributed by atoms with van der Waals surface area (Å²) in [5.74, 6) is -1.12. The number of aryl methyl sites for hydroxylation is 1. The van der Waals surface area contributed by atoms with Crippen molar-refractivity contribution in [3.05, 3.63) is 10.6 Å². The number of nitrogens with one attached hydrogen (secondary N) is 1. The van der Waals surface area contributed by atoms with Crippen LogP contribution in [0.5, 0.6) is 0 Å². The predicted molar refractivity (Wildman–Crippen MR) is 80.5 cm³/mol. The summed E-state index contributed by atoms with van der Waals surface area (Å²) in [6.45, 7) is 3.23. The minimum absolute atomic E-state index is 0.393. The lowest BCUT2D eigenvalue weighted by atomic mass is 9.91. The second kappa shape index (κ2) is 5.35. The number of fused-ring (bicyclic) bond motifs is 1. The molecule has 0 bridgehead atoms. The van der Waals surface area contributed by atoms with Gasteiger partial charge in [-0.2, -0.15) is 0 Å². The maximum atomic E-state index is 11.3. The maximum Gasteiger partial charge on any atom is 0.312 e. The van der Waals surface area contributed by atoms with Crippen LogP contribution in [0.1, 0.15) is 61.9 Å². The van der Waals surface area contributed by atoms with Crippen molar-refractivity contribution in [2.75, 3.05) is 11.9 Å². The third-order valence-corrected chi connectivity index (χ3v) is 5.69. The topological polar surface area (TPSA) is 62.2 Å². The van der Waals surface area contributed by atoms with Crippen molar-refractivity contribution >= 4 is 22.4 Å². The normalized spacial score (nSPS) is 23.1. The summed E-state index contributed by atoms with van der Waals surface area (Å²) < 4.78 is 0. The van der Waals surface area contributed by atoms with Crippen LogP contribution < -0.4 is 5.32 Å². The number of aliphatic carboxylic acids is 1. The Balaban J connectivity index is 1.68. The van der Waals surface area contributed by atoms with Crippen LogP contribution in [-0.2, 0) is 11.2 Å². The molecule has 2 N–H and O–H groups in total. The third-order valence-electron chi connectivity index (χ3n) is 4.60. The molecule has 3 rings (SSSR count). The number of carbonyl (C=O) groups is 1. The van der Waals surface area contributed by atoms with Crippen molar-refractivity contribution in [3.63, 3.8) is 0 Å². The minimum atomic E-state index is -0.729. The van der Waals surface area contributed by atoms with Crippen molar-refractivity contribution < 1.29 is 9.90 Å². The van der Waals surface area contributed by atoms with E-state index in [0.29, 0.717) is 5.41 Å². The molecule has 0 radical (unpaired) electrons. The van der Waals surface area contributed by atoms with Crippen LogP contribution in [0.25, 0.3) is 0 Å². The molecular formula is C15H22N2O2S. The number of anilines is 1. The van der Waals surface area contributed by atoms with Crippen molar-refractivity contribution in [1.29, 1.82) is 0 Å². The van der Waals surface area contributed by atoms with Crippen molar-refractivity contribution in [1.82, 2.24) is 4.98 Å². The molecule has 1 saturated carbocycles. The van der Waals surface area contributed by atoms with E-state index < -0.39 is 11.9 Å². The zero-order valence-electron chi connectivity index (χ0n) is 11.9. The monoisotopic (exact) mass is 294 g/mol. The van der Waals surface area contributed by atoms with E-state index in [0.717, 1.165) is 36.6 Å². The quantitative estimate of drug-likeness (QED) is 0.841. The van der Waals surface area contributed by atoms with Gasteiger partial charge in [-0.15, -0.1) is 11.3 Å². The highest BCUT2D eigenvalue weighted by Crippen LogP contribution is 2.49. The smallest absolute Gasteiger partial charge is 0.312 e. The molecule has 0 amide bonds. The fourth-order valence-corrected chi connectivity index (χ4v) is 4.28. The molecule has 0 aliphatic heterocycles. The molecule has 1 aromatic rings. The van der Waals surface area contributed by atoms with Gasteiger partial charge in [0.25, 0.3) is 0 Å². The summed E-state index contributed by atoms with van der Waals surface area (Å²) in [5, 5.41) is 13.7. The van der Waals surface area contributed by atoms with E-state index in [4.69, 9.17) is 0 Å². The van der Waals surface area contributed by atoms with Gasteiger partial charge < -0.3 is 10.4 Å². The molecule has 20 heavy (non-hydrogen) atoms. The first-order chi connectivity index (χ1) is 9.63. The van der Waals surface area contributed by atoms with Gasteiger partial charge in [0.2, 0.25) is 0 Å². The molecule has 0 aromatic carbocycles. The number of hydrogen-bond acceptors (Lipinski definition) is 4. The lowest BCUT2D eigenvalue weighted by molar-refractivity contribution is -0.139. The molecule has 1 unspecified atom stereocenters. The summed E-state index contributed by atoms with van der Waals surface area (Å²) in [7, 11) is 0. The standard InChI is InChI=1S/C15H22N2O2S/c1-2-6-15(7-8-15)9-16-14-17-12-10(13(18)19)4-3-5-11(12)20-14/h10H,2-9H2,1H3,(H,16,17)(H,18,19). The number of carboxylic acids is 1. The maximum absolute atomic E-state index is 11.3. The highest BCUT2D eigenvalue weighted by Gasteiger charge is 2.41. The first-order valence-corrected chi connectivity index (χ1v) is 8.41. The van der Waals surface area contributed by atoms with Gasteiger partial charge in [-0.05, 0) is 43.9 Å². The summed E-state index contributed by atoms with van der Waals surface area (Å²) >= 11 is 1.66. The first-order valence-electron chi connectivity index (χ1n) is 7.60. The Morgan fingerprint density at radius 1 is 1.55 bits per heavy atom. The van der Waals surface area contributed by atoms with Gasteiger partial charge in [-0.25, -0.2) is 4.98 Å². The second-order valence-electron chi connectivity index (χ2n) is 6.21. The van der Waals surface area contributed by atoms with E-state index in [1.54, 1.807) is 11.3 Å². The van der Waals surface area contributed by atoms with E-state index in [-0.39, 0.29) is 0 Å². The largest absolute Gasteiger partial charge is 0.481 e. The molecule has 1 fully saturated rings. The first kappa shape index (κ1) is 13.9. The van der Waals surface area contributed by atoms with Crippen LogP contribution in [0, 0.1) is 5.41 Å². The molecule has 2 aliphatic rings. The van der Waals surface area contributed by atoms with E-state index >= 15 is 0 Å². The third kappa shape index (κ3) is 2.68. The van der Waals surface area contributed by atoms with Crippen LogP contribution in [0.15, 0.2) is 0 Å². The second-order valence-corrected chi connectivity index (χ2v) is 7.30. The highest BCUT2D eigenvalue weighted by atomic mass is 32.1. The molecule has 0 saturated heterocycles. The number of aromatic nitrogens is 1. The van der Waals surface area contributed by atoms with Gasteiger partial charge in [0.05, 0.1) is 5.69 Å². The van der Waals surface area contributed by atoms with E-state index in [1.165, 1.54) is 30.6 Å². The van der Waals surface area contributed by atoms with E-state index in [9.17, 15) is 9.90 Å². The average Bonchev–Trinajstić information content (AvgIpc) is 3.05. The number of nitrogens with zero attached hydrogens (tertiary/aromatic N) is 1. The average molecular weight is 294 g/mol. The predicted octanol–water partition coefficient (Wildman–Crippen LogP) is 3.64. The lowest BCUT2D eigenvalue weighted by Crippen LogP contribution is -2.18. The van der Waals surface area contributed by atoms with Crippen LogP contribution in [0.2, 0.25) is 0 Å². The van der Waals surface area contributed by atoms with Gasteiger partial charge >= 0.3 is 5.97 Å². The van der Waals surface area contributed by atoms with Crippen molar-refractivity contribution in [2.24, 2.45) is 5.41 Å². The van der Waals surface area contributed by atoms with E-state index in [2.05, 4.69) is 17.2 Å². The Bertz CT molecular complexity index is 508. The lowest BCUT2D eigenvalue weighted by Gasteiger charge is -2.16. The molecule has 2 aliphatic carbocycles. The Morgan fingerprint density at radius 2 is 2.35 bits per heavy atom. The van der Waals surface area contributed by atoms with Crippen LogP contribution in [-0.4, -0.2) is 22.6 Å². The van der Waals surface area contributed by atoms with E-state index in [1.807, 2.05) is 0 Å². The Kier molecular flexibility index (Phi) is 3.71. The highest BCUT2D eigenvalue weighted by molar-refractivity contribution is 7.15. The van der Waals surface area contributed by atoms with Crippen LogP contribution >= 0.6 is 11.3 Å². The Morgan fingerprint density at radius 3 is 3.00 bits per heavy atom. The van der Waals surface area contributed by atoms with Crippen LogP contribution in [0.4, 0.5) is 5.13 Å². The molecule has 110 valence electrons. The summed E-state index contributed by atoms with van der Waals surface area (Å²) in [6, 6.07) is 0. The molecule has 5 heteroatoms. The summed E-state index contributed by atoms with van der Waals surface area (Å²) in [6.07, 6.45) is 7.82. The SMILES string of the molecule is CCCC1(CNc2nc3c(s2)CCCC3C(=O)O)CC1. The molecule has 4 nitrogen and oxygen atoms in total. The van der Waals surface area contributed by atoms with Crippen molar-refractivity contribution in [3.8, 4) is 0 Å². The van der Waals surface area contributed by atoms with Gasteiger partial charge in [0.15, 0.2) is 5.13 Å². The number of thiazole rings is 1. The van der Waals surface area contributed by atoms with Gasteiger partial charge in [0, 0.05) is 11.4 Å². The fourth-order valence-electron chi connectivity index (χ4n) is 3.22. The number of rotatable bonds is 6. The van der Waals surface area contributed by atoms with Crippen LogP contribution in [0.3, 0.4) is 0 Å². The van der Waals surface area contributed by atoms with Gasteiger partial charge in [-0.3, -0.25) is 4.79 Å². The number of hydrogen-bond donors (Lipinski definition) is 2. The number of carboxylic acid groups (broad SMARTS) is 1. The minimum Gasteiger partial charge on any atom is -0.481 e. The Hall–Kier alpha value is -1.10. The molecule has 1 heterocycles. The molecule has 1 aromatic heterocycles. The summed E-state index contributed by atoms with van der Waals surface area (Å²) in [5.41, 5.74) is 1.31. The molecule has 0 spiro atoms. The molecule has 1 atom stereocenters. The fraction of sp³-hybridized carbons (Fsp3) is 0.733. The van der Waals surface area contributed by atoms with Crippen molar-refractivity contribution in [2.45, 2.75) is 57.8 Å². The zero-order valence-corrected chi connectivity index (χ0v) is 12.8.